The van der Waals surface area contributed by atoms with Crippen LogP contribution in [0.25, 0.3) is 10.2 Å². The van der Waals surface area contributed by atoms with E-state index in [-0.39, 0.29) is 5.88 Å². The zero-order valence-electron chi connectivity index (χ0n) is 12.2. The minimum Gasteiger partial charge on any atom is -0.462 e. The predicted molar refractivity (Wildman–Crippen MR) is 84.6 cm³/mol. The van der Waals surface area contributed by atoms with Crippen molar-refractivity contribution in [3.05, 3.63) is 47.1 Å². The summed E-state index contributed by atoms with van der Waals surface area (Å²) in [6.45, 7) is 4.02. The number of carbonyl (C=O) groups is 1. The third-order valence-electron chi connectivity index (χ3n) is 2.95. The number of thiazole rings is 1. The molecule has 0 aliphatic heterocycles. The monoisotopic (exact) mass is 314 g/mol. The standard InChI is InChI=1S/C16H14N2O3S/c1-3-20-16(19)12-5-4-8-17-15(12)21-11-6-7-13-14(9-11)22-10(2)18-13/h4-9H,3H2,1-2H3. The molecule has 0 bridgehead atoms. The lowest BCUT2D eigenvalue weighted by atomic mass is 10.2. The second-order valence-electron chi connectivity index (χ2n) is 4.54. The first-order valence-electron chi connectivity index (χ1n) is 6.84. The first-order chi connectivity index (χ1) is 10.7. The Labute approximate surface area is 131 Å². The Balaban J connectivity index is 1.92. The van der Waals surface area contributed by atoms with Gasteiger partial charge in [0.1, 0.15) is 11.3 Å². The summed E-state index contributed by atoms with van der Waals surface area (Å²) in [7, 11) is 0. The van der Waals surface area contributed by atoms with Crippen LogP contribution in [0.1, 0.15) is 22.3 Å². The van der Waals surface area contributed by atoms with Gasteiger partial charge in [0, 0.05) is 12.3 Å². The summed E-state index contributed by atoms with van der Waals surface area (Å²) in [4.78, 5) is 20.5. The van der Waals surface area contributed by atoms with Crippen molar-refractivity contribution >= 4 is 27.5 Å². The highest BCUT2D eigenvalue weighted by Gasteiger charge is 2.15. The average Bonchev–Trinajstić information content (AvgIpc) is 2.87. The van der Waals surface area contributed by atoms with Crippen LogP contribution in [0.2, 0.25) is 0 Å². The van der Waals surface area contributed by atoms with Crippen molar-refractivity contribution in [3.63, 3.8) is 0 Å². The van der Waals surface area contributed by atoms with Gasteiger partial charge in [-0.15, -0.1) is 11.3 Å². The molecule has 22 heavy (non-hydrogen) atoms. The van der Waals surface area contributed by atoms with Crippen LogP contribution in [-0.2, 0) is 4.74 Å². The fourth-order valence-electron chi connectivity index (χ4n) is 2.03. The van der Waals surface area contributed by atoms with E-state index in [1.54, 1.807) is 36.6 Å². The second-order valence-corrected chi connectivity index (χ2v) is 5.78. The molecule has 6 heteroatoms. The van der Waals surface area contributed by atoms with Crippen molar-refractivity contribution < 1.29 is 14.3 Å². The van der Waals surface area contributed by atoms with Gasteiger partial charge in [0.2, 0.25) is 5.88 Å². The van der Waals surface area contributed by atoms with E-state index >= 15 is 0 Å². The molecule has 0 saturated carbocycles. The second kappa shape index (κ2) is 6.11. The van der Waals surface area contributed by atoms with E-state index in [1.807, 2.05) is 25.1 Å². The number of esters is 1. The number of carbonyl (C=O) groups excluding carboxylic acids is 1. The highest BCUT2D eigenvalue weighted by Crippen LogP contribution is 2.29. The topological polar surface area (TPSA) is 61.3 Å². The molecule has 0 unspecified atom stereocenters. The number of fused-ring (bicyclic) bond motifs is 1. The van der Waals surface area contributed by atoms with Gasteiger partial charge in [-0.05, 0) is 38.1 Å². The number of aryl methyl sites for hydroxylation is 1. The van der Waals surface area contributed by atoms with E-state index in [4.69, 9.17) is 9.47 Å². The van der Waals surface area contributed by atoms with Crippen molar-refractivity contribution in [2.75, 3.05) is 6.61 Å². The van der Waals surface area contributed by atoms with Crippen molar-refractivity contribution in [1.29, 1.82) is 0 Å². The number of aromatic nitrogens is 2. The van der Waals surface area contributed by atoms with Crippen LogP contribution in [0.15, 0.2) is 36.5 Å². The Morgan fingerprint density at radius 3 is 3.00 bits per heavy atom. The van der Waals surface area contributed by atoms with Crippen molar-refractivity contribution in [1.82, 2.24) is 9.97 Å². The maximum absolute atomic E-state index is 11.9. The maximum atomic E-state index is 11.9. The normalized spacial score (nSPS) is 10.6. The van der Waals surface area contributed by atoms with Crippen LogP contribution < -0.4 is 4.74 Å². The summed E-state index contributed by atoms with van der Waals surface area (Å²) in [5.74, 6) is 0.405. The molecule has 0 radical (unpaired) electrons. The summed E-state index contributed by atoms with van der Waals surface area (Å²) in [6, 6.07) is 8.90. The fraction of sp³-hybridized carbons (Fsp3) is 0.188. The summed E-state index contributed by atoms with van der Waals surface area (Å²) >= 11 is 1.59. The highest BCUT2D eigenvalue weighted by atomic mass is 32.1. The van der Waals surface area contributed by atoms with E-state index < -0.39 is 5.97 Å². The zero-order chi connectivity index (χ0) is 15.5. The first-order valence-corrected chi connectivity index (χ1v) is 7.66. The van der Waals surface area contributed by atoms with Crippen molar-refractivity contribution in [2.24, 2.45) is 0 Å². The van der Waals surface area contributed by atoms with Gasteiger partial charge in [-0.2, -0.15) is 0 Å². The smallest absolute Gasteiger partial charge is 0.343 e. The van der Waals surface area contributed by atoms with Gasteiger partial charge in [0.25, 0.3) is 0 Å². The lowest BCUT2D eigenvalue weighted by molar-refractivity contribution is 0.0522. The highest BCUT2D eigenvalue weighted by molar-refractivity contribution is 7.18. The molecular weight excluding hydrogens is 300 g/mol. The Bertz CT molecular complexity index is 829. The minimum absolute atomic E-state index is 0.238. The molecule has 2 aromatic heterocycles. The van der Waals surface area contributed by atoms with Gasteiger partial charge < -0.3 is 9.47 Å². The Morgan fingerprint density at radius 1 is 1.32 bits per heavy atom. The van der Waals surface area contributed by atoms with Crippen molar-refractivity contribution in [2.45, 2.75) is 13.8 Å². The number of hydrogen-bond donors (Lipinski definition) is 0. The third-order valence-corrected chi connectivity index (χ3v) is 3.88. The molecule has 5 nitrogen and oxygen atoms in total. The molecule has 0 aliphatic carbocycles. The number of pyridine rings is 1. The van der Waals surface area contributed by atoms with Gasteiger partial charge in [-0.1, -0.05) is 0 Å². The molecule has 1 aromatic carbocycles. The summed E-state index contributed by atoms with van der Waals surface area (Å²) in [6.07, 6.45) is 1.58. The third kappa shape index (κ3) is 2.92. The lowest BCUT2D eigenvalue weighted by Gasteiger charge is -2.09. The van der Waals surface area contributed by atoms with E-state index in [0.717, 1.165) is 15.2 Å². The number of nitrogens with zero attached hydrogens (tertiary/aromatic N) is 2. The minimum atomic E-state index is -0.444. The van der Waals surface area contributed by atoms with Crippen LogP contribution in [0.5, 0.6) is 11.6 Å². The van der Waals surface area contributed by atoms with Gasteiger partial charge in [0.05, 0.1) is 21.8 Å². The van der Waals surface area contributed by atoms with Crippen LogP contribution in [0, 0.1) is 6.92 Å². The van der Waals surface area contributed by atoms with Crippen molar-refractivity contribution in [3.8, 4) is 11.6 Å². The van der Waals surface area contributed by atoms with Gasteiger partial charge >= 0.3 is 5.97 Å². The molecule has 0 spiro atoms. The molecule has 0 aliphatic rings. The van der Waals surface area contributed by atoms with E-state index in [9.17, 15) is 4.79 Å². The zero-order valence-corrected chi connectivity index (χ0v) is 13.0. The maximum Gasteiger partial charge on any atom is 0.343 e. The Kier molecular flexibility index (Phi) is 4.02. The Hall–Kier alpha value is -2.47. The number of hydrogen-bond acceptors (Lipinski definition) is 6. The van der Waals surface area contributed by atoms with Crippen LogP contribution in [0.3, 0.4) is 0 Å². The van der Waals surface area contributed by atoms with E-state index in [1.165, 1.54) is 0 Å². The van der Waals surface area contributed by atoms with Crippen LogP contribution in [0.4, 0.5) is 0 Å². The number of ether oxygens (including phenoxy) is 2. The molecule has 0 saturated heterocycles. The fourth-order valence-corrected chi connectivity index (χ4v) is 2.89. The van der Waals surface area contributed by atoms with Gasteiger partial charge in [-0.3, -0.25) is 0 Å². The quantitative estimate of drug-likeness (QED) is 0.682. The van der Waals surface area contributed by atoms with E-state index in [0.29, 0.717) is 17.9 Å². The number of rotatable bonds is 4. The summed E-state index contributed by atoms with van der Waals surface area (Å²) < 4.78 is 11.8. The largest absolute Gasteiger partial charge is 0.462 e. The molecule has 0 N–H and O–H groups in total. The van der Waals surface area contributed by atoms with Crippen LogP contribution in [-0.4, -0.2) is 22.5 Å². The molecule has 0 fully saturated rings. The van der Waals surface area contributed by atoms with E-state index in [2.05, 4.69) is 9.97 Å². The lowest BCUT2D eigenvalue weighted by Crippen LogP contribution is -2.07. The molecule has 0 atom stereocenters. The molecule has 3 rings (SSSR count). The molecule has 3 aromatic rings. The van der Waals surface area contributed by atoms with Crippen LogP contribution >= 0.6 is 11.3 Å². The summed E-state index contributed by atoms with van der Waals surface area (Å²) in [5.41, 5.74) is 1.24. The molecule has 2 heterocycles. The molecule has 112 valence electrons. The molecular formula is C16H14N2O3S. The first kappa shape index (κ1) is 14.5. The molecule has 0 amide bonds. The van der Waals surface area contributed by atoms with Gasteiger partial charge in [0.15, 0.2) is 0 Å². The SMILES string of the molecule is CCOC(=O)c1cccnc1Oc1ccc2nc(C)sc2c1. The predicted octanol–water partition coefficient (Wildman–Crippen LogP) is 3.97. The van der Waals surface area contributed by atoms with Gasteiger partial charge in [-0.25, -0.2) is 14.8 Å². The Morgan fingerprint density at radius 2 is 2.18 bits per heavy atom. The number of benzene rings is 1. The average molecular weight is 314 g/mol. The summed E-state index contributed by atoms with van der Waals surface area (Å²) in [5, 5.41) is 0.997.